The molecule has 0 fully saturated rings. The summed E-state index contributed by atoms with van der Waals surface area (Å²) in [4.78, 5) is 32.3. The molecule has 0 aliphatic heterocycles. The Morgan fingerprint density at radius 3 is 1.12 bits per heavy atom. The number of nitrogens with zero attached hydrogens (tertiary/aromatic N) is 6. The maximum atomic E-state index is 5.57. The van der Waals surface area contributed by atoms with E-state index in [2.05, 4.69) is 169 Å². The summed E-state index contributed by atoms with van der Waals surface area (Å²) in [7, 11) is 0. The molecule has 288 valence electrons. The van der Waals surface area contributed by atoms with Crippen molar-refractivity contribution in [1.82, 2.24) is 29.9 Å². The third kappa shape index (κ3) is 6.56. The van der Waals surface area contributed by atoms with Gasteiger partial charge in [-0.2, -0.15) is 0 Å². The molecular weight excluding hydrogens is 733 g/mol. The molecule has 0 saturated carbocycles. The SMILES string of the molecule is Cc1cc2ncc(-c3cc(-c4nc5cc(C)c(C)cc5nc4-c4ccccc4)cc(-c4nc5cc(C)c(C)cc5nc4-c4ccccc4)c3-c3ccccc3)nc2cc1C. The zero-order valence-corrected chi connectivity index (χ0v) is 34.5. The molecule has 0 spiro atoms. The molecule has 0 bridgehead atoms. The van der Waals surface area contributed by atoms with Crippen LogP contribution in [0.4, 0.5) is 0 Å². The lowest BCUT2D eigenvalue weighted by atomic mass is 9.86. The minimum atomic E-state index is 0.746. The molecule has 0 saturated heterocycles. The van der Waals surface area contributed by atoms with Crippen molar-refractivity contribution in [2.45, 2.75) is 41.5 Å². The molecular formula is C54H42N6. The second-order valence-corrected chi connectivity index (χ2v) is 15.9. The van der Waals surface area contributed by atoms with E-state index in [4.69, 9.17) is 29.9 Å². The molecule has 0 unspecified atom stereocenters. The van der Waals surface area contributed by atoms with Crippen LogP contribution in [0.25, 0.3) is 101 Å². The Hall–Kier alpha value is -7.44. The molecule has 10 rings (SSSR count). The van der Waals surface area contributed by atoms with Crippen molar-refractivity contribution < 1.29 is 0 Å². The van der Waals surface area contributed by atoms with Gasteiger partial charge in [-0.3, -0.25) is 4.98 Å². The van der Waals surface area contributed by atoms with E-state index in [0.717, 1.165) is 112 Å². The van der Waals surface area contributed by atoms with Crippen LogP contribution >= 0.6 is 0 Å². The van der Waals surface area contributed by atoms with Gasteiger partial charge in [0, 0.05) is 33.4 Å². The molecule has 0 N–H and O–H groups in total. The highest BCUT2D eigenvalue weighted by Crippen LogP contribution is 2.46. The van der Waals surface area contributed by atoms with Gasteiger partial charge in [0.15, 0.2) is 0 Å². The minimum Gasteiger partial charge on any atom is -0.252 e. The molecule has 0 radical (unpaired) electrons. The van der Waals surface area contributed by atoms with Crippen LogP contribution in [0.15, 0.2) is 146 Å². The number of benzene rings is 7. The second-order valence-electron chi connectivity index (χ2n) is 15.9. The molecule has 6 nitrogen and oxygen atoms in total. The highest BCUT2D eigenvalue weighted by atomic mass is 14.9. The van der Waals surface area contributed by atoms with E-state index >= 15 is 0 Å². The molecule has 0 atom stereocenters. The summed E-state index contributed by atoms with van der Waals surface area (Å²) in [5.74, 6) is 0. The van der Waals surface area contributed by atoms with Crippen LogP contribution in [-0.4, -0.2) is 29.9 Å². The molecule has 3 heterocycles. The summed E-state index contributed by atoms with van der Waals surface area (Å²) in [6.07, 6.45) is 1.90. The minimum absolute atomic E-state index is 0.746. The van der Waals surface area contributed by atoms with Gasteiger partial charge in [-0.1, -0.05) is 91.0 Å². The van der Waals surface area contributed by atoms with Gasteiger partial charge >= 0.3 is 0 Å². The predicted molar refractivity (Wildman–Crippen MR) is 247 cm³/mol. The van der Waals surface area contributed by atoms with Crippen molar-refractivity contribution in [3.05, 3.63) is 179 Å². The van der Waals surface area contributed by atoms with E-state index in [1.807, 2.05) is 18.3 Å². The fraction of sp³-hybridized carbons (Fsp3) is 0.111. The number of aromatic nitrogens is 6. The van der Waals surface area contributed by atoms with Gasteiger partial charge in [0.25, 0.3) is 0 Å². The van der Waals surface area contributed by atoms with Crippen molar-refractivity contribution in [2.24, 2.45) is 0 Å². The van der Waals surface area contributed by atoms with Crippen LogP contribution < -0.4 is 0 Å². The van der Waals surface area contributed by atoms with Crippen LogP contribution in [0, 0.1) is 41.5 Å². The average Bonchev–Trinajstić information content (AvgIpc) is 3.27. The van der Waals surface area contributed by atoms with Crippen molar-refractivity contribution in [2.75, 3.05) is 0 Å². The first kappa shape index (κ1) is 36.9. The summed E-state index contributed by atoms with van der Waals surface area (Å²) in [6.45, 7) is 12.7. The van der Waals surface area contributed by atoms with Gasteiger partial charge in [-0.25, -0.2) is 24.9 Å². The molecule has 7 aromatic carbocycles. The lowest BCUT2D eigenvalue weighted by Crippen LogP contribution is -2.02. The summed E-state index contributed by atoms with van der Waals surface area (Å²) < 4.78 is 0. The maximum Gasteiger partial charge on any atom is 0.0979 e. The van der Waals surface area contributed by atoms with Crippen molar-refractivity contribution in [3.63, 3.8) is 0 Å². The summed E-state index contributed by atoms with van der Waals surface area (Å²) in [5.41, 5.74) is 22.6. The molecule has 10 aromatic rings. The van der Waals surface area contributed by atoms with Crippen LogP contribution in [0.5, 0.6) is 0 Å². The average molecular weight is 775 g/mol. The Morgan fingerprint density at radius 1 is 0.300 bits per heavy atom. The van der Waals surface area contributed by atoms with E-state index in [0.29, 0.717) is 0 Å². The monoisotopic (exact) mass is 774 g/mol. The quantitative estimate of drug-likeness (QED) is 0.167. The topological polar surface area (TPSA) is 77.3 Å². The van der Waals surface area contributed by atoms with Gasteiger partial charge in [-0.15, -0.1) is 0 Å². The Labute approximate surface area is 349 Å². The number of hydrogen-bond donors (Lipinski definition) is 0. The van der Waals surface area contributed by atoms with Gasteiger partial charge in [0.05, 0.1) is 67.8 Å². The molecule has 0 amide bonds. The Kier molecular flexibility index (Phi) is 9.06. The first-order valence-electron chi connectivity index (χ1n) is 20.4. The fourth-order valence-electron chi connectivity index (χ4n) is 8.09. The summed E-state index contributed by atoms with van der Waals surface area (Å²) >= 11 is 0. The van der Waals surface area contributed by atoms with Crippen molar-refractivity contribution in [1.29, 1.82) is 0 Å². The lowest BCUT2D eigenvalue weighted by molar-refractivity contribution is 1.25. The number of fused-ring (bicyclic) bond motifs is 3. The van der Waals surface area contributed by atoms with E-state index in [1.165, 1.54) is 22.3 Å². The molecule has 0 aliphatic rings. The predicted octanol–water partition coefficient (Wildman–Crippen LogP) is 13.4. The Morgan fingerprint density at radius 2 is 0.650 bits per heavy atom. The number of rotatable bonds is 6. The highest BCUT2D eigenvalue weighted by Gasteiger charge is 2.25. The molecule has 60 heavy (non-hydrogen) atoms. The first-order valence-corrected chi connectivity index (χ1v) is 20.4. The smallest absolute Gasteiger partial charge is 0.0979 e. The molecule has 3 aromatic heterocycles. The van der Waals surface area contributed by atoms with Crippen LogP contribution in [0.3, 0.4) is 0 Å². The van der Waals surface area contributed by atoms with E-state index in [9.17, 15) is 0 Å². The Balaban J connectivity index is 1.38. The van der Waals surface area contributed by atoms with Gasteiger partial charge in [0.2, 0.25) is 0 Å². The third-order valence-corrected chi connectivity index (χ3v) is 11.8. The van der Waals surface area contributed by atoms with Crippen LogP contribution in [0.1, 0.15) is 33.4 Å². The van der Waals surface area contributed by atoms with E-state index in [-0.39, 0.29) is 0 Å². The van der Waals surface area contributed by atoms with Crippen molar-refractivity contribution in [3.8, 4) is 67.4 Å². The second kappa shape index (κ2) is 14.7. The number of aryl methyl sites for hydroxylation is 6. The largest absolute Gasteiger partial charge is 0.252 e. The van der Waals surface area contributed by atoms with Gasteiger partial charge < -0.3 is 0 Å². The molecule has 6 heteroatoms. The molecule has 0 aliphatic carbocycles. The van der Waals surface area contributed by atoms with Crippen LogP contribution in [0.2, 0.25) is 0 Å². The zero-order chi connectivity index (χ0) is 41.1. The maximum absolute atomic E-state index is 5.57. The fourth-order valence-corrected chi connectivity index (χ4v) is 8.09. The van der Waals surface area contributed by atoms with Crippen LogP contribution in [-0.2, 0) is 0 Å². The summed E-state index contributed by atoms with van der Waals surface area (Å²) in [5, 5.41) is 0. The highest BCUT2D eigenvalue weighted by molar-refractivity contribution is 6.01. The summed E-state index contributed by atoms with van der Waals surface area (Å²) in [6, 6.07) is 48.5. The van der Waals surface area contributed by atoms with E-state index < -0.39 is 0 Å². The van der Waals surface area contributed by atoms with E-state index in [1.54, 1.807) is 0 Å². The van der Waals surface area contributed by atoms with Crippen molar-refractivity contribution >= 4 is 33.1 Å². The zero-order valence-electron chi connectivity index (χ0n) is 34.5. The first-order chi connectivity index (χ1) is 29.2. The lowest BCUT2D eigenvalue weighted by Gasteiger charge is -2.21. The van der Waals surface area contributed by atoms with Gasteiger partial charge in [0.1, 0.15) is 0 Å². The standard InChI is InChI=1S/C54H42N6/c1-31-22-43-44(23-32(31)2)56-49(30-55-43)41-28-40(53-51(38-18-12-8-13-19-38)57-45-24-33(3)34(4)25-46(45)59-53)29-42(50(41)37-16-10-7-11-17-37)54-52(39-20-14-9-15-21-39)58-47-26-35(5)36(6)27-48(47)60-54/h7-30H,1-6H3. The number of hydrogen-bond acceptors (Lipinski definition) is 6. The third-order valence-electron chi connectivity index (χ3n) is 11.8. The normalized spacial score (nSPS) is 11.5. The Bertz CT molecular complexity index is 3310. The van der Waals surface area contributed by atoms with Gasteiger partial charge in [-0.05, 0) is 129 Å².